The number of hydrogen-bond donors (Lipinski definition) is 0. The Kier molecular flexibility index (Phi) is 4.51. The SMILES string of the molecule is Cc1ccc(C(=O)N2CCN(Cc3csc4ccccc34)CC2)cn1. The molecule has 3 aromatic rings. The molecule has 128 valence electrons. The molecule has 1 fully saturated rings. The van der Waals surface area contributed by atoms with Crippen molar-refractivity contribution in [3.05, 3.63) is 64.8 Å². The Morgan fingerprint density at radius 2 is 1.92 bits per heavy atom. The van der Waals surface area contributed by atoms with Gasteiger partial charge in [0.1, 0.15) is 0 Å². The Morgan fingerprint density at radius 3 is 2.68 bits per heavy atom. The molecule has 4 nitrogen and oxygen atoms in total. The molecule has 1 saturated heterocycles. The molecule has 0 N–H and O–H groups in total. The summed E-state index contributed by atoms with van der Waals surface area (Å²) in [7, 11) is 0. The van der Waals surface area contributed by atoms with E-state index in [-0.39, 0.29) is 5.91 Å². The van der Waals surface area contributed by atoms with Crippen LogP contribution in [0.15, 0.2) is 48.0 Å². The van der Waals surface area contributed by atoms with E-state index in [2.05, 4.69) is 39.5 Å². The van der Waals surface area contributed by atoms with Gasteiger partial charge < -0.3 is 4.90 Å². The summed E-state index contributed by atoms with van der Waals surface area (Å²) in [6.45, 7) is 6.26. The molecular weight excluding hydrogens is 330 g/mol. The average Bonchev–Trinajstić information content (AvgIpc) is 3.06. The van der Waals surface area contributed by atoms with Gasteiger partial charge in [0.25, 0.3) is 5.91 Å². The Balaban J connectivity index is 1.38. The van der Waals surface area contributed by atoms with Crippen LogP contribution in [-0.2, 0) is 6.54 Å². The maximum atomic E-state index is 12.6. The summed E-state index contributed by atoms with van der Waals surface area (Å²) in [6.07, 6.45) is 1.68. The topological polar surface area (TPSA) is 36.4 Å². The number of benzene rings is 1. The maximum Gasteiger partial charge on any atom is 0.255 e. The molecule has 0 atom stereocenters. The highest BCUT2D eigenvalue weighted by Crippen LogP contribution is 2.27. The summed E-state index contributed by atoms with van der Waals surface area (Å²) in [5, 5.41) is 3.62. The van der Waals surface area contributed by atoms with E-state index < -0.39 is 0 Å². The summed E-state index contributed by atoms with van der Waals surface area (Å²) in [4.78, 5) is 21.2. The van der Waals surface area contributed by atoms with E-state index in [9.17, 15) is 4.79 Å². The minimum atomic E-state index is 0.0909. The van der Waals surface area contributed by atoms with Crippen LogP contribution in [0.25, 0.3) is 10.1 Å². The fourth-order valence-corrected chi connectivity index (χ4v) is 4.24. The van der Waals surface area contributed by atoms with Gasteiger partial charge in [-0.25, -0.2) is 0 Å². The van der Waals surface area contributed by atoms with Crippen molar-refractivity contribution < 1.29 is 4.79 Å². The average molecular weight is 351 g/mol. The van der Waals surface area contributed by atoms with E-state index in [1.54, 1.807) is 6.20 Å². The fraction of sp³-hybridized carbons (Fsp3) is 0.300. The highest BCUT2D eigenvalue weighted by Gasteiger charge is 2.22. The molecule has 1 amide bonds. The first-order valence-corrected chi connectivity index (χ1v) is 9.48. The molecule has 4 rings (SSSR count). The molecule has 1 aliphatic heterocycles. The van der Waals surface area contributed by atoms with E-state index >= 15 is 0 Å². The second kappa shape index (κ2) is 6.94. The van der Waals surface area contributed by atoms with Gasteiger partial charge in [-0.05, 0) is 41.5 Å². The van der Waals surface area contributed by atoms with Crippen molar-refractivity contribution in [2.75, 3.05) is 26.2 Å². The minimum Gasteiger partial charge on any atom is -0.336 e. The zero-order valence-electron chi connectivity index (χ0n) is 14.3. The lowest BCUT2D eigenvalue weighted by atomic mass is 10.1. The van der Waals surface area contributed by atoms with Crippen molar-refractivity contribution in [3.8, 4) is 0 Å². The number of aromatic nitrogens is 1. The molecule has 1 aromatic carbocycles. The standard InChI is InChI=1S/C20H21N3OS/c1-15-6-7-16(12-21-15)20(24)23-10-8-22(9-11-23)13-17-14-25-19-5-3-2-4-18(17)19/h2-7,12,14H,8-11,13H2,1H3. The molecule has 0 aliphatic carbocycles. The smallest absolute Gasteiger partial charge is 0.255 e. The van der Waals surface area contributed by atoms with Crippen LogP contribution in [0.4, 0.5) is 0 Å². The van der Waals surface area contributed by atoms with Crippen LogP contribution in [0.2, 0.25) is 0 Å². The lowest BCUT2D eigenvalue weighted by Gasteiger charge is -2.34. The predicted octanol–water partition coefficient (Wildman–Crippen LogP) is 3.56. The highest BCUT2D eigenvalue weighted by molar-refractivity contribution is 7.17. The van der Waals surface area contributed by atoms with E-state index in [4.69, 9.17) is 0 Å². The summed E-state index contributed by atoms with van der Waals surface area (Å²) < 4.78 is 1.35. The predicted molar refractivity (Wildman–Crippen MR) is 102 cm³/mol. The van der Waals surface area contributed by atoms with E-state index in [0.29, 0.717) is 5.56 Å². The van der Waals surface area contributed by atoms with Gasteiger partial charge in [-0.15, -0.1) is 11.3 Å². The fourth-order valence-electron chi connectivity index (χ4n) is 3.28. The Morgan fingerprint density at radius 1 is 1.12 bits per heavy atom. The number of piperazine rings is 1. The van der Waals surface area contributed by atoms with Crippen LogP contribution in [0.3, 0.4) is 0 Å². The molecule has 0 unspecified atom stereocenters. The Bertz CT molecular complexity index is 879. The normalized spacial score (nSPS) is 15.6. The van der Waals surface area contributed by atoms with Crippen LogP contribution >= 0.6 is 11.3 Å². The van der Waals surface area contributed by atoms with Gasteiger partial charge >= 0.3 is 0 Å². The molecule has 0 radical (unpaired) electrons. The Hall–Kier alpha value is -2.24. The number of carbonyl (C=O) groups excluding carboxylic acids is 1. The number of amides is 1. The quantitative estimate of drug-likeness (QED) is 0.724. The van der Waals surface area contributed by atoms with Gasteiger partial charge in [-0.3, -0.25) is 14.7 Å². The van der Waals surface area contributed by atoms with Crippen LogP contribution in [-0.4, -0.2) is 46.9 Å². The lowest BCUT2D eigenvalue weighted by molar-refractivity contribution is 0.0628. The summed E-state index contributed by atoms with van der Waals surface area (Å²) >= 11 is 1.81. The van der Waals surface area contributed by atoms with Gasteiger partial charge in [0.05, 0.1) is 5.56 Å². The highest BCUT2D eigenvalue weighted by atomic mass is 32.1. The van der Waals surface area contributed by atoms with Crippen LogP contribution < -0.4 is 0 Å². The molecule has 0 spiro atoms. The number of pyridine rings is 1. The number of hydrogen-bond acceptors (Lipinski definition) is 4. The first-order valence-electron chi connectivity index (χ1n) is 8.60. The minimum absolute atomic E-state index is 0.0909. The number of rotatable bonds is 3. The summed E-state index contributed by atoms with van der Waals surface area (Å²) in [5.74, 6) is 0.0909. The second-order valence-electron chi connectivity index (χ2n) is 6.51. The van der Waals surface area contributed by atoms with Crippen molar-refractivity contribution in [2.45, 2.75) is 13.5 Å². The Labute approximate surface area is 151 Å². The first-order chi connectivity index (χ1) is 12.2. The molecule has 0 saturated carbocycles. The number of fused-ring (bicyclic) bond motifs is 1. The summed E-state index contributed by atoms with van der Waals surface area (Å²) in [6, 6.07) is 12.3. The van der Waals surface area contributed by atoms with E-state index in [1.165, 1.54) is 15.6 Å². The molecule has 0 bridgehead atoms. The first kappa shape index (κ1) is 16.2. The van der Waals surface area contributed by atoms with Crippen molar-refractivity contribution in [3.63, 3.8) is 0 Å². The number of nitrogens with zero attached hydrogens (tertiary/aromatic N) is 3. The zero-order valence-corrected chi connectivity index (χ0v) is 15.1. The van der Waals surface area contributed by atoms with Gasteiger partial charge in [0, 0.05) is 49.3 Å². The zero-order chi connectivity index (χ0) is 17.2. The van der Waals surface area contributed by atoms with E-state index in [1.807, 2.05) is 35.3 Å². The van der Waals surface area contributed by atoms with Crippen molar-refractivity contribution in [1.82, 2.24) is 14.8 Å². The van der Waals surface area contributed by atoms with Gasteiger partial charge in [-0.2, -0.15) is 0 Å². The molecule has 1 aliphatic rings. The van der Waals surface area contributed by atoms with Gasteiger partial charge in [0.15, 0.2) is 0 Å². The van der Waals surface area contributed by atoms with Crippen molar-refractivity contribution >= 4 is 27.3 Å². The van der Waals surface area contributed by atoms with Crippen LogP contribution in [0.1, 0.15) is 21.6 Å². The van der Waals surface area contributed by atoms with Gasteiger partial charge in [0.2, 0.25) is 0 Å². The van der Waals surface area contributed by atoms with Gasteiger partial charge in [-0.1, -0.05) is 18.2 Å². The molecule has 3 heterocycles. The third-order valence-corrected chi connectivity index (χ3v) is 5.79. The second-order valence-corrected chi connectivity index (χ2v) is 7.42. The van der Waals surface area contributed by atoms with Crippen LogP contribution in [0, 0.1) is 6.92 Å². The summed E-state index contributed by atoms with van der Waals surface area (Å²) in [5.41, 5.74) is 3.01. The van der Waals surface area contributed by atoms with Crippen LogP contribution in [0.5, 0.6) is 0 Å². The van der Waals surface area contributed by atoms with Crippen molar-refractivity contribution in [1.29, 1.82) is 0 Å². The molecule has 2 aromatic heterocycles. The lowest BCUT2D eigenvalue weighted by Crippen LogP contribution is -2.48. The number of thiophene rings is 1. The monoisotopic (exact) mass is 351 g/mol. The third kappa shape index (κ3) is 3.43. The molecular formula is C20H21N3OS. The molecule has 5 heteroatoms. The van der Waals surface area contributed by atoms with Crippen molar-refractivity contribution in [2.24, 2.45) is 0 Å². The largest absolute Gasteiger partial charge is 0.336 e. The maximum absolute atomic E-state index is 12.6. The van der Waals surface area contributed by atoms with E-state index in [0.717, 1.165) is 38.4 Å². The number of carbonyl (C=O) groups is 1. The molecule has 25 heavy (non-hydrogen) atoms. The number of aryl methyl sites for hydroxylation is 1. The third-order valence-electron chi connectivity index (χ3n) is 4.77.